The predicted octanol–water partition coefficient (Wildman–Crippen LogP) is 4.41. The van der Waals surface area contributed by atoms with Gasteiger partial charge in [-0.25, -0.2) is 4.79 Å². The molecule has 0 radical (unpaired) electrons. The lowest BCUT2D eigenvalue weighted by atomic mass is 9.60. The van der Waals surface area contributed by atoms with Gasteiger partial charge in [-0.1, -0.05) is 81.5 Å². The van der Waals surface area contributed by atoms with Gasteiger partial charge in [0.25, 0.3) is 0 Å². The van der Waals surface area contributed by atoms with Crippen molar-refractivity contribution < 1.29 is 34.4 Å². The molecular formula is C35H40O7. The second-order valence-corrected chi connectivity index (χ2v) is 13.4. The van der Waals surface area contributed by atoms with Crippen molar-refractivity contribution in [1.82, 2.24) is 0 Å². The summed E-state index contributed by atoms with van der Waals surface area (Å²) in [4.78, 5) is 26.3. The first-order chi connectivity index (χ1) is 19.9. The predicted molar refractivity (Wildman–Crippen MR) is 156 cm³/mol. The quantitative estimate of drug-likeness (QED) is 0.347. The molecule has 2 aromatic rings. The largest absolute Gasteiger partial charge is 0.458 e. The van der Waals surface area contributed by atoms with E-state index in [1.54, 1.807) is 31.2 Å². The van der Waals surface area contributed by atoms with E-state index < -0.39 is 46.1 Å². The first-order valence-electron chi connectivity index (χ1n) is 14.8. The third-order valence-corrected chi connectivity index (χ3v) is 10.8. The van der Waals surface area contributed by atoms with Crippen molar-refractivity contribution in [3.05, 3.63) is 95.1 Å². The van der Waals surface area contributed by atoms with Gasteiger partial charge in [-0.3, -0.25) is 4.79 Å². The summed E-state index contributed by atoms with van der Waals surface area (Å²) in [5.41, 5.74) is -1.87. The molecule has 2 fully saturated rings. The number of esters is 2. The minimum atomic E-state index is -1.66. The van der Waals surface area contributed by atoms with Crippen molar-refractivity contribution in [2.75, 3.05) is 6.61 Å². The zero-order valence-electron chi connectivity index (χ0n) is 24.6. The van der Waals surface area contributed by atoms with Crippen LogP contribution in [0.15, 0.2) is 84.0 Å². The lowest BCUT2D eigenvalue weighted by molar-refractivity contribution is -0.196. The van der Waals surface area contributed by atoms with Crippen LogP contribution in [0.4, 0.5) is 0 Å². The lowest BCUT2D eigenvalue weighted by Crippen LogP contribution is -2.62. The molecule has 2 saturated carbocycles. The molecule has 42 heavy (non-hydrogen) atoms. The topological polar surface area (TPSA) is 113 Å². The highest BCUT2D eigenvalue weighted by Gasteiger charge is 2.83. The summed E-state index contributed by atoms with van der Waals surface area (Å²) in [6.07, 6.45) is 3.37. The molecular weight excluding hydrogens is 532 g/mol. The zero-order valence-corrected chi connectivity index (χ0v) is 24.6. The van der Waals surface area contributed by atoms with Crippen molar-refractivity contribution >= 4 is 11.9 Å². The van der Waals surface area contributed by atoms with E-state index in [1.165, 1.54) is 0 Å². The Morgan fingerprint density at radius 3 is 2.26 bits per heavy atom. The molecule has 222 valence electrons. The molecule has 6 rings (SSSR count). The van der Waals surface area contributed by atoms with Crippen LogP contribution in [0, 0.1) is 29.1 Å². The summed E-state index contributed by atoms with van der Waals surface area (Å²) >= 11 is 0. The number of hydrogen-bond acceptors (Lipinski definition) is 7. The normalized spacial score (nSPS) is 37.6. The maximum Gasteiger partial charge on any atom is 0.338 e. The molecule has 3 N–H and O–H groups in total. The lowest BCUT2D eigenvalue weighted by Gasteiger charge is -2.51. The average Bonchev–Trinajstić information content (AvgIpc) is 3.35. The molecule has 0 bridgehead atoms. The van der Waals surface area contributed by atoms with Gasteiger partial charge in [0, 0.05) is 29.6 Å². The van der Waals surface area contributed by atoms with E-state index in [0.717, 1.165) is 5.56 Å². The van der Waals surface area contributed by atoms with E-state index in [9.17, 15) is 24.9 Å². The van der Waals surface area contributed by atoms with Gasteiger partial charge in [0.2, 0.25) is 0 Å². The molecule has 0 heterocycles. The van der Waals surface area contributed by atoms with Gasteiger partial charge in [0.05, 0.1) is 24.2 Å². The fourth-order valence-electron chi connectivity index (χ4n) is 8.70. The van der Waals surface area contributed by atoms with Gasteiger partial charge in [-0.15, -0.1) is 0 Å². The molecule has 7 heteroatoms. The van der Waals surface area contributed by atoms with Gasteiger partial charge in [0.1, 0.15) is 11.2 Å². The van der Waals surface area contributed by atoms with Gasteiger partial charge in [-0.05, 0) is 48.1 Å². The SMILES string of the molecule is CC1=C[C@@H]2C(O)(CC(CO)=CC3[C@H]4C(C)(C)[C@]4(OC(=O)Cc4ccccc4)C[C@@H](C)[C@@]32O)[C@@H]1OC(=O)c1ccccc1. The molecule has 8 atom stereocenters. The molecule has 0 spiro atoms. The summed E-state index contributed by atoms with van der Waals surface area (Å²) in [5, 5.41) is 35.6. The van der Waals surface area contributed by atoms with E-state index in [4.69, 9.17) is 9.47 Å². The highest BCUT2D eigenvalue weighted by Crippen LogP contribution is 2.76. The molecule has 0 aromatic heterocycles. The molecule has 2 aromatic carbocycles. The number of benzene rings is 2. The van der Waals surface area contributed by atoms with Crippen LogP contribution in [0.2, 0.25) is 0 Å². The van der Waals surface area contributed by atoms with Crippen LogP contribution in [0.1, 0.15) is 56.5 Å². The summed E-state index contributed by atoms with van der Waals surface area (Å²) in [5.74, 6) is -2.76. The van der Waals surface area contributed by atoms with E-state index in [2.05, 4.69) is 13.8 Å². The highest BCUT2D eigenvalue weighted by atomic mass is 16.6. The summed E-state index contributed by atoms with van der Waals surface area (Å²) in [7, 11) is 0. The van der Waals surface area contributed by atoms with Crippen LogP contribution in [-0.2, 0) is 20.7 Å². The van der Waals surface area contributed by atoms with E-state index in [0.29, 0.717) is 23.1 Å². The van der Waals surface area contributed by atoms with Gasteiger partial charge in [-0.2, -0.15) is 0 Å². The van der Waals surface area contributed by atoms with Crippen LogP contribution in [0.25, 0.3) is 0 Å². The van der Waals surface area contributed by atoms with Gasteiger partial charge in [0.15, 0.2) is 6.10 Å². The molecule has 0 amide bonds. The number of aliphatic hydroxyl groups is 3. The van der Waals surface area contributed by atoms with Crippen LogP contribution in [0.5, 0.6) is 0 Å². The molecule has 0 aliphatic heterocycles. The standard InChI is InChI=1S/C35H40O7/c1-21-15-27-33(39,30(21)41-31(38)25-13-9-6-10-14-25)19-24(20-36)16-26-29-32(3,4)34(29,18-22(2)35(26,27)40)42-28(37)17-23-11-7-5-8-12-23/h5-16,22,26-27,29-30,36,39-40H,17-20H2,1-4H3/t22-,26?,27-,29+,30-,33?,34+,35-/m1/s1. The Morgan fingerprint density at radius 1 is 0.976 bits per heavy atom. The summed E-state index contributed by atoms with van der Waals surface area (Å²) in [6.45, 7) is 7.56. The van der Waals surface area contributed by atoms with Crippen molar-refractivity contribution in [3.63, 3.8) is 0 Å². The van der Waals surface area contributed by atoms with Crippen LogP contribution < -0.4 is 0 Å². The second kappa shape index (κ2) is 9.90. The first-order valence-corrected chi connectivity index (χ1v) is 14.8. The Balaban J connectivity index is 1.34. The van der Waals surface area contributed by atoms with Crippen LogP contribution >= 0.6 is 0 Å². The van der Waals surface area contributed by atoms with Gasteiger partial charge < -0.3 is 24.8 Å². The van der Waals surface area contributed by atoms with E-state index in [1.807, 2.05) is 55.5 Å². The molecule has 2 unspecified atom stereocenters. The minimum absolute atomic E-state index is 0.0359. The van der Waals surface area contributed by atoms with Crippen LogP contribution in [0.3, 0.4) is 0 Å². The number of fused-ring (bicyclic) bond motifs is 5. The van der Waals surface area contributed by atoms with Crippen molar-refractivity contribution in [1.29, 1.82) is 0 Å². The Bertz CT molecular complexity index is 1450. The van der Waals surface area contributed by atoms with Crippen molar-refractivity contribution in [3.8, 4) is 0 Å². The first kappa shape index (κ1) is 28.8. The Hall–Kier alpha value is -3.26. The highest BCUT2D eigenvalue weighted by molar-refractivity contribution is 5.89. The third-order valence-electron chi connectivity index (χ3n) is 10.8. The molecule has 4 aliphatic carbocycles. The molecule has 4 aliphatic rings. The fraction of sp³-hybridized carbons (Fsp3) is 0.486. The number of hydrogen-bond donors (Lipinski definition) is 3. The Morgan fingerprint density at radius 2 is 1.62 bits per heavy atom. The monoisotopic (exact) mass is 572 g/mol. The number of carbonyl (C=O) groups is 2. The summed E-state index contributed by atoms with van der Waals surface area (Å²) < 4.78 is 12.3. The minimum Gasteiger partial charge on any atom is -0.458 e. The van der Waals surface area contributed by atoms with Crippen molar-refractivity contribution in [2.24, 2.45) is 29.1 Å². The number of aliphatic hydroxyl groups excluding tert-OH is 1. The third kappa shape index (κ3) is 4.12. The zero-order chi connectivity index (χ0) is 30.1. The molecule has 0 saturated heterocycles. The Kier molecular flexibility index (Phi) is 6.80. The number of rotatable bonds is 6. The summed E-state index contributed by atoms with van der Waals surface area (Å²) in [6, 6.07) is 18.1. The maximum absolute atomic E-state index is 13.2. The second-order valence-electron chi connectivity index (χ2n) is 13.4. The van der Waals surface area contributed by atoms with Gasteiger partial charge >= 0.3 is 11.9 Å². The van der Waals surface area contributed by atoms with E-state index in [-0.39, 0.29) is 37.3 Å². The average molecular weight is 573 g/mol. The fourth-order valence-corrected chi connectivity index (χ4v) is 8.70. The van der Waals surface area contributed by atoms with Crippen molar-refractivity contribution in [2.45, 2.75) is 69.9 Å². The van der Waals surface area contributed by atoms with E-state index >= 15 is 0 Å². The number of ether oxygens (including phenoxy) is 2. The molecule has 7 nitrogen and oxygen atoms in total. The smallest absolute Gasteiger partial charge is 0.338 e. The maximum atomic E-state index is 13.2. The van der Waals surface area contributed by atoms with Crippen LogP contribution in [-0.4, -0.2) is 56.8 Å². The Labute approximate surface area is 246 Å². The number of carbonyl (C=O) groups excluding carboxylic acids is 2.